The van der Waals surface area contributed by atoms with E-state index in [1.165, 1.54) is 28.7 Å². The van der Waals surface area contributed by atoms with Crippen LogP contribution < -0.4 is 0 Å². The van der Waals surface area contributed by atoms with Crippen molar-refractivity contribution < 1.29 is 0 Å². The Hall–Kier alpha value is -0.780. The van der Waals surface area contributed by atoms with Crippen molar-refractivity contribution in [3.05, 3.63) is 34.4 Å². The molecule has 0 aromatic heterocycles. The molecule has 0 aliphatic heterocycles. The minimum absolute atomic E-state index is 0.169. The van der Waals surface area contributed by atoms with Crippen LogP contribution in [-0.4, -0.2) is 0 Å². The first kappa shape index (κ1) is 17.3. The highest BCUT2D eigenvalue weighted by molar-refractivity contribution is 5.45. The Morgan fingerprint density at radius 3 is 1.50 bits per heavy atom. The van der Waals surface area contributed by atoms with Gasteiger partial charge in [0.2, 0.25) is 0 Å². The van der Waals surface area contributed by atoms with E-state index in [9.17, 15) is 0 Å². The lowest BCUT2D eigenvalue weighted by molar-refractivity contribution is 0.186. The Labute approximate surface area is 127 Å². The van der Waals surface area contributed by atoms with Gasteiger partial charge in [0.05, 0.1) is 0 Å². The number of rotatable bonds is 3. The lowest BCUT2D eigenvalue weighted by Crippen LogP contribution is -2.38. The fraction of sp³-hybridized carbons (Fsp3) is 0.700. The molecule has 1 aromatic carbocycles. The fourth-order valence-corrected chi connectivity index (χ4v) is 2.76. The van der Waals surface area contributed by atoms with E-state index in [1.54, 1.807) is 0 Å². The van der Waals surface area contributed by atoms with Crippen LogP contribution in [0.25, 0.3) is 0 Å². The van der Waals surface area contributed by atoms with E-state index in [2.05, 4.69) is 81.4 Å². The summed E-state index contributed by atoms with van der Waals surface area (Å²) in [5, 5.41) is 0. The normalized spacial score (nSPS) is 13.7. The van der Waals surface area contributed by atoms with E-state index in [4.69, 9.17) is 0 Å². The Morgan fingerprint density at radius 1 is 0.750 bits per heavy atom. The molecule has 0 spiro atoms. The van der Waals surface area contributed by atoms with Crippen LogP contribution in [0.15, 0.2) is 12.1 Å². The Balaban J connectivity index is 3.63. The van der Waals surface area contributed by atoms with E-state index in [0.717, 1.165) is 0 Å². The standard InChI is InChI=1S/C20H34/c1-11-19(7,8)20(9,10)17-13-15(3)14(2)12-16(17)18(4,5)6/h12-13H,11H2,1-10H3. The van der Waals surface area contributed by atoms with Gasteiger partial charge in [-0.05, 0) is 52.3 Å². The van der Waals surface area contributed by atoms with Crippen LogP contribution in [-0.2, 0) is 10.8 Å². The molecule has 0 saturated carbocycles. The van der Waals surface area contributed by atoms with Crippen LogP contribution in [0.4, 0.5) is 0 Å². The van der Waals surface area contributed by atoms with Crippen molar-refractivity contribution in [2.45, 2.75) is 86.5 Å². The van der Waals surface area contributed by atoms with Crippen molar-refractivity contribution in [1.29, 1.82) is 0 Å². The predicted molar refractivity (Wildman–Crippen MR) is 91.7 cm³/mol. The van der Waals surface area contributed by atoms with Crippen LogP contribution in [0.2, 0.25) is 0 Å². The smallest absolute Gasteiger partial charge is 0.00495 e. The summed E-state index contributed by atoms with van der Waals surface area (Å²) in [6.45, 7) is 23.4. The van der Waals surface area contributed by atoms with Gasteiger partial charge in [-0.25, -0.2) is 0 Å². The summed E-state index contributed by atoms with van der Waals surface area (Å²) in [5.41, 5.74) is 6.50. The highest BCUT2D eigenvalue weighted by atomic mass is 14.4. The summed E-state index contributed by atoms with van der Waals surface area (Å²) in [4.78, 5) is 0. The molecular weight excluding hydrogens is 240 g/mol. The molecule has 0 heteroatoms. The highest BCUT2D eigenvalue weighted by Crippen LogP contribution is 2.47. The molecular formula is C20H34. The van der Waals surface area contributed by atoms with Gasteiger partial charge in [-0.1, -0.05) is 73.9 Å². The summed E-state index contributed by atoms with van der Waals surface area (Å²) in [6.07, 6.45) is 1.19. The molecule has 0 bridgehead atoms. The summed E-state index contributed by atoms with van der Waals surface area (Å²) >= 11 is 0. The SMILES string of the molecule is CCC(C)(C)C(C)(C)c1cc(C)c(C)cc1C(C)(C)C. The molecule has 0 radical (unpaired) electrons. The van der Waals surface area contributed by atoms with E-state index >= 15 is 0 Å². The lowest BCUT2D eigenvalue weighted by Gasteiger charge is -2.44. The molecule has 114 valence electrons. The maximum atomic E-state index is 2.44. The van der Waals surface area contributed by atoms with E-state index < -0.39 is 0 Å². The van der Waals surface area contributed by atoms with Crippen LogP contribution in [0.5, 0.6) is 0 Å². The summed E-state index contributed by atoms with van der Waals surface area (Å²) in [5.74, 6) is 0. The summed E-state index contributed by atoms with van der Waals surface area (Å²) < 4.78 is 0. The third kappa shape index (κ3) is 2.95. The van der Waals surface area contributed by atoms with Gasteiger partial charge in [0.1, 0.15) is 0 Å². The molecule has 0 fully saturated rings. The second-order valence-corrected chi connectivity index (χ2v) is 8.59. The van der Waals surface area contributed by atoms with E-state index in [-0.39, 0.29) is 16.2 Å². The zero-order chi connectivity index (χ0) is 15.9. The summed E-state index contributed by atoms with van der Waals surface area (Å²) in [6, 6.07) is 4.85. The number of benzene rings is 1. The first-order chi connectivity index (χ1) is 8.84. The molecule has 0 amide bonds. The average molecular weight is 274 g/mol. The Kier molecular flexibility index (Phi) is 4.49. The largest absolute Gasteiger partial charge is 0.0648 e. The summed E-state index contributed by atoms with van der Waals surface area (Å²) in [7, 11) is 0. The van der Waals surface area contributed by atoms with Crippen LogP contribution in [0, 0.1) is 19.3 Å². The Bertz CT molecular complexity index is 481. The van der Waals surface area contributed by atoms with Gasteiger partial charge in [-0.3, -0.25) is 0 Å². The fourth-order valence-electron chi connectivity index (χ4n) is 2.76. The van der Waals surface area contributed by atoms with Crippen molar-refractivity contribution in [2.75, 3.05) is 0 Å². The molecule has 0 saturated heterocycles. The lowest BCUT2D eigenvalue weighted by atomic mass is 9.60. The van der Waals surface area contributed by atoms with Gasteiger partial charge in [0, 0.05) is 0 Å². The second-order valence-electron chi connectivity index (χ2n) is 8.59. The van der Waals surface area contributed by atoms with Crippen molar-refractivity contribution >= 4 is 0 Å². The van der Waals surface area contributed by atoms with Gasteiger partial charge in [0.15, 0.2) is 0 Å². The van der Waals surface area contributed by atoms with Crippen LogP contribution in [0.3, 0.4) is 0 Å². The molecule has 0 heterocycles. The van der Waals surface area contributed by atoms with Crippen molar-refractivity contribution in [1.82, 2.24) is 0 Å². The third-order valence-corrected chi connectivity index (χ3v) is 5.69. The minimum Gasteiger partial charge on any atom is -0.0648 e. The van der Waals surface area contributed by atoms with Crippen molar-refractivity contribution in [3.63, 3.8) is 0 Å². The van der Waals surface area contributed by atoms with Crippen molar-refractivity contribution in [3.8, 4) is 0 Å². The first-order valence-corrected chi connectivity index (χ1v) is 7.97. The Morgan fingerprint density at radius 2 is 1.15 bits per heavy atom. The van der Waals surface area contributed by atoms with E-state index in [1.807, 2.05) is 0 Å². The molecule has 0 N–H and O–H groups in total. The highest BCUT2D eigenvalue weighted by Gasteiger charge is 2.39. The number of aryl methyl sites for hydroxylation is 2. The maximum absolute atomic E-state index is 2.44. The predicted octanol–water partition coefficient (Wildman–Crippen LogP) is 6.31. The van der Waals surface area contributed by atoms with Gasteiger partial charge in [-0.2, -0.15) is 0 Å². The molecule has 0 unspecified atom stereocenters. The quantitative estimate of drug-likeness (QED) is 0.605. The van der Waals surface area contributed by atoms with Gasteiger partial charge in [-0.15, -0.1) is 0 Å². The zero-order valence-electron chi connectivity index (χ0n) is 15.4. The van der Waals surface area contributed by atoms with E-state index in [0.29, 0.717) is 0 Å². The topological polar surface area (TPSA) is 0 Å². The molecule has 0 aliphatic carbocycles. The molecule has 0 nitrogen and oxygen atoms in total. The van der Waals surface area contributed by atoms with Crippen LogP contribution >= 0.6 is 0 Å². The molecule has 1 aromatic rings. The minimum atomic E-state index is 0.169. The molecule has 20 heavy (non-hydrogen) atoms. The van der Waals surface area contributed by atoms with Crippen molar-refractivity contribution in [2.24, 2.45) is 5.41 Å². The number of hydrogen-bond donors (Lipinski definition) is 0. The number of hydrogen-bond acceptors (Lipinski definition) is 0. The average Bonchev–Trinajstić information content (AvgIpc) is 2.30. The molecule has 0 aliphatic rings. The van der Waals surface area contributed by atoms with Gasteiger partial charge in [0.25, 0.3) is 0 Å². The maximum Gasteiger partial charge on any atom is -0.00495 e. The first-order valence-electron chi connectivity index (χ1n) is 7.97. The second kappa shape index (κ2) is 5.20. The molecule has 0 atom stereocenters. The monoisotopic (exact) mass is 274 g/mol. The van der Waals surface area contributed by atoms with Crippen LogP contribution in [0.1, 0.15) is 84.1 Å². The third-order valence-electron chi connectivity index (χ3n) is 5.69. The zero-order valence-corrected chi connectivity index (χ0v) is 15.4. The van der Waals surface area contributed by atoms with Gasteiger partial charge >= 0.3 is 0 Å². The van der Waals surface area contributed by atoms with Gasteiger partial charge < -0.3 is 0 Å². The molecule has 1 rings (SSSR count).